The first-order valence-electron chi connectivity index (χ1n) is 1.77. The van der Waals surface area contributed by atoms with Crippen LogP contribution in [0.15, 0.2) is 12.2 Å². The Bertz CT molecular complexity index is 128. The molecule has 0 rings (SSSR count). The average Bonchev–Trinajstić information content (AvgIpc) is 1.61. The van der Waals surface area contributed by atoms with Crippen molar-refractivity contribution >= 4 is 41.3 Å². The summed E-state index contributed by atoms with van der Waals surface area (Å²) in [5.74, 6) is -2.51. The summed E-state index contributed by atoms with van der Waals surface area (Å²) in [5, 5.41) is 15.6. The van der Waals surface area contributed by atoms with Crippen LogP contribution in [0.25, 0.3) is 0 Å². The first kappa shape index (κ1) is 16.2. The molecule has 0 aromatic heterocycles. The summed E-state index contributed by atoms with van der Waals surface area (Å²) < 4.78 is 0. The number of halogens is 2. The Hall–Kier alpha value is -0.550. The predicted octanol–water partition coefficient (Wildman–Crippen LogP) is 0.711. The highest BCUT2D eigenvalue weighted by molar-refractivity contribution is 8.93. The third-order valence-corrected chi connectivity index (χ3v) is 0.368. The molecule has 60 valence electrons. The van der Waals surface area contributed by atoms with E-state index in [-0.39, 0.29) is 29.4 Å². The van der Waals surface area contributed by atoms with Gasteiger partial charge in [-0.2, -0.15) is 0 Å². The Balaban J connectivity index is -0.000000245. The zero-order chi connectivity index (χ0) is 6.57. The molecule has 0 fully saturated rings. The Morgan fingerprint density at radius 2 is 1.20 bits per heavy atom. The van der Waals surface area contributed by atoms with Gasteiger partial charge in [-0.3, -0.25) is 0 Å². The van der Waals surface area contributed by atoms with Crippen LogP contribution < -0.4 is 0 Å². The van der Waals surface area contributed by atoms with Crippen LogP contribution in [0.2, 0.25) is 0 Å². The minimum absolute atomic E-state index is 0. The van der Waals surface area contributed by atoms with E-state index < -0.39 is 11.9 Å². The third kappa shape index (κ3) is 15.7. The van der Waals surface area contributed by atoms with E-state index in [0.717, 1.165) is 0 Å². The van der Waals surface area contributed by atoms with Gasteiger partial charge in [0.25, 0.3) is 0 Å². The SMILES string of the molecule is Br.Cl.O=C(O)/C=C/C(=O)O. The summed E-state index contributed by atoms with van der Waals surface area (Å²) in [5.41, 5.74) is 0. The monoisotopic (exact) mass is 232 g/mol. The van der Waals surface area contributed by atoms with E-state index in [2.05, 4.69) is 0 Å². The molecule has 0 amide bonds. The number of carboxylic acids is 2. The van der Waals surface area contributed by atoms with Crippen LogP contribution in [0.4, 0.5) is 0 Å². The summed E-state index contributed by atoms with van der Waals surface area (Å²) >= 11 is 0. The fourth-order valence-corrected chi connectivity index (χ4v) is 0.143. The lowest BCUT2D eigenvalue weighted by molar-refractivity contribution is -0.134. The fourth-order valence-electron chi connectivity index (χ4n) is 0.143. The lowest BCUT2D eigenvalue weighted by Crippen LogP contribution is -1.91. The first-order chi connectivity index (χ1) is 3.63. The molecule has 0 bridgehead atoms. The lowest BCUT2D eigenvalue weighted by Gasteiger charge is -1.74. The Kier molecular flexibility index (Phi) is 13.7. The molecule has 4 nitrogen and oxygen atoms in total. The van der Waals surface area contributed by atoms with Gasteiger partial charge in [0, 0.05) is 12.2 Å². The number of aliphatic carboxylic acids is 2. The van der Waals surface area contributed by atoms with Gasteiger partial charge in [0.2, 0.25) is 0 Å². The molecule has 0 aliphatic carbocycles. The maximum Gasteiger partial charge on any atom is 0.328 e. The van der Waals surface area contributed by atoms with Crippen molar-refractivity contribution in [3.8, 4) is 0 Å². The number of rotatable bonds is 2. The van der Waals surface area contributed by atoms with Gasteiger partial charge >= 0.3 is 11.9 Å². The largest absolute Gasteiger partial charge is 0.478 e. The van der Waals surface area contributed by atoms with Crippen LogP contribution in [0.3, 0.4) is 0 Å². The molecule has 0 unspecified atom stereocenters. The molecular formula is C4H6BrClO4. The standard InChI is InChI=1S/C4H4O4.BrH.ClH/c5-3(6)1-2-4(7)8;;/h1-2H,(H,5,6)(H,7,8);2*1H/b2-1+;;. The van der Waals surface area contributed by atoms with E-state index in [1.807, 2.05) is 0 Å². The van der Waals surface area contributed by atoms with Crippen LogP contribution in [0.5, 0.6) is 0 Å². The van der Waals surface area contributed by atoms with Gasteiger partial charge in [-0.15, -0.1) is 29.4 Å². The zero-order valence-electron chi connectivity index (χ0n) is 4.68. The first-order valence-corrected chi connectivity index (χ1v) is 1.77. The molecule has 0 atom stereocenters. The highest BCUT2D eigenvalue weighted by Crippen LogP contribution is 1.70. The molecule has 0 radical (unpaired) electrons. The second-order valence-corrected chi connectivity index (χ2v) is 1.01. The average molecular weight is 233 g/mol. The highest BCUT2D eigenvalue weighted by Gasteiger charge is 1.88. The van der Waals surface area contributed by atoms with E-state index in [1.54, 1.807) is 0 Å². The second-order valence-electron chi connectivity index (χ2n) is 1.01. The van der Waals surface area contributed by atoms with E-state index in [4.69, 9.17) is 10.2 Å². The van der Waals surface area contributed by atoms with Gasteiger partial charge < -0.3 is 10.2 Å². The minimum Gasteiger partial charge on any atom is -0.478 e. The van der Waals surface area contributed by atoms with Crippen LogP contribution in [0.1, 0.15) is 0 Å². The van der Waals surface area contributed by atoms with Crippen molar-refractivity contribution in [2.24, 2.45) is 0 Å². The Morgan fingerprint density at radius 3 is 1.30 bits per heavy atom. The van der Waals surface area contributed by atoms with Crippen LogP contribution in [-0.4, -0.2) is 22.2 Å². The highest BCUT2D eigenvalue weighted by atomic mass is 79.9. The van der Waals surface area contributed by atoms with Crippen molar-refractivity contribution in [2.75, 3.05) is 0 Å². The van der Waals surface area contributed by atoms with E-state index in [0.29, 0.717) is 12.2 Å². The number of hydrogen-bond acceptors (Lipinski definition) is 2. The second kappa shape index (κ2) is 8.45. The quantitative estimate of drug-likeness (QED) is 0.689. The summed E-state index contributed by atoms with van der Waals surface area (Å²) in [6.45, 7) is 0. The van der Waals surface area contributed by atoms with Gasteiger partial charge in [0.1, 0.15) is 0 Å². The third-order valence-electron chi connectivity index (χ3n) is 0.368. The van der Waals surface area contributed by atoms with Crippen LogP contribution in [0, 0.1) is 0 Å². The smallest absolute Gasteiger partial charge is 0.328 e. The van der Waals surface area contributed by atoms with Gasteiger partial charge in [-0.1, -0.05) is 0 Å². The minimum atomic E-state index is -1.26. The van der Waals surface area contributed by atoms with Gasteiger partial charge in [-0.25, -0.2) is 9.59 Å². The molecule has 0 spiro atoms. The molecule has 0 aromatic carbocycles. The molecule has 10 heavy (non-hydrogen) atoms. The molecule has 0 saturated heterocycles. The van der Waals surface area contributed by atoms with Crippen LogP contribution >= 0.6 is 29.4 Å². The molecule has 2 N–H and O–H groups in total. The topological polar surface area (TPSA) is 74.6 Å². The molecule has 0 aliphatic rings. The molecule has 0 heterocycles. The van der Waals surface area contributed by atoms with Crippen molar-refractivity contribution in [3.63, 3.8) is 0 Å². The maximum atomic E-state index is 9.55. The predicted molar refractivity (Wildman–Crippen MR) is 42.0 cm³/mol. The molecular weight excluding hydrogens is 227 g/mol. The van der Waals surface area contributed by atoms with E-state index >= 15 is 0 Å². The Labute approximate surface area is 73.7 Å². The zero-order valence-corrected chi connectivity index (χ0v) is 7.21. The van der Waals surface area contributed by atoms with E-state index in [1.165, 1.54) is 0 Å². The number of hydrogen-bond donors (Lipinski definition) is 2. The van der Waals surface area contributed by atoms with Gasteiger partial charge in [-0.05, 0) is 0 Å². The Morgan fingerprint density at radius 1 is 1.00 bits per heavy atom. The fraction of sp³-hybridized carbons (Fsp3) is 0. The van der Waals surface area contributed by atoms with Crippen molar-refractivity contribution in [1.29, 1.82) is 0 Å². The van der Waals surface area contributed by atoms with Crippen LogP contribution in [-0.2, 0) is 9.59 Å². The normalized spacial score (nSPS) is 7.60. The summed E-state index contributed by atoms with van der Waals surface area (Å²) in [6.07, 6.45) is 1.12. The van der Waals surface area contributed by atoms with Gasteiger partial charge in [0.05, 0.1) is 0 Å². The van der Waals surface area contributed by atoms with Crippen molar-refractivity contribution in [2.45, 2.75) is 0 Å². The van der Waals surface area contributed by atoms with Crippen molar-refractivity contribution in [3.05, 3.63) is 12.2 Å². The molecule has 0 saturated carbocycles. The van der Waals surface area contributed by atoms with E-state index in [9.17, 15) is 9.59 Å². The summed E-state index contributed by atoms with van der Waals surface area (Å²) in [6, 6.07) is 0. The number of carboxylic acid groups (broad SMARTS) is 2. The van der Waals surface area contributed by atoms with Crippen molar-refractivity contribution < 1.29 is 19.8 Å². The molecule has 0 aromatic rings. The molecule has 6 heteroatoms. The summed E-state index contributed by atoms with van der Waals surface area (Å²) in [7, 11) is 0. The number of carbonyl (C=O) groups is 2. The van der Waals surface area contributed by atoms with Crippen molar-refractivity contribution in [1.82, 2.24) is 0 Å². The maximum absolute atomic E-state index is 9.55. The lowest BCUT2D eigenvalue weighted by atomic mass is 10.5. The van der Waals surface area contributed by atoms with Gasteiger partial charge in [0.15, 0.2) is 0 Å². The summed E-state index contributed by atoms with van der Waals surface area (Å²) in [4.78, 5) is 19.1. The molecule has 0 aliphatic heterocycles.